The van der Waals surface area contributed by atoms with Crippen molar-refractivity contribution in [2.45, 2.75) is 13.8 Å². The van der Waals surface area contributed by atoms with Gasteiger partial charge in [-0.05, 0) is 0 Å². The van der Waals surface area contributed by atoms with Crippen LogP contribution in [0.4, 0.5) is 0 Å². The Balaban J connectivity index is 0.000000810. The van der Waals surface area contributed by atoms with Crippen molar-refractivity contribution < 1.29 is 32.7 Å². The third kappa shape index (κ3) is 2.61. The van der Waals surface area contributed by atoms with Crippen LogP contribution in [-0.2, 0) is 32.7 Å². The third-order valence-corrected chi connectivity index (χ3v) is 1.29. The van der Waals surface area contributed by atoms with Gasteiger partial charge in [0.15, 0.2) is 0 Å². The molecule has 4 heteroatoms. The Morgan fingerprint density at radius 2 is 2.00 bits per heavy atom. The molecule has 0 aliphatic rings. The Morgan fingerprint density at radius 1 is 1.40 bits per heavy atom. The quantitative estimate of drug-likeness (QED) is 0.499. The molecule has 0 saturated heterocycles. The van der Waals surface area contributed by atoms with Gasteiger partial charge < -0.3 is 9.97 Å². The molecule has 0 aromatic carbocycles. The van der Waals surface area contributed by atoms with E-state index < -0.39 is 0 Å². The van der Waals surface area contributed by atoms with Gasteiger partial charge in [-0.2, -0.15) is 0 Å². The summed E-state index contributed by atoms with van der Waals surface area (Å²) >= 11 is 5.46. The summed E-state index contributed by atoms with van der Waals surface area (Å²) in [5, 5.41) is 0.262. The van der Waals surface area contributed by atoms with E-state index in [1.54, 1.807) is 0 Å². The molecule has 0 bridgehead atoms. The Morgan fingerprint density at radius 3 is 2.40 bits per heavy atom. The molecule has 0 fully saturated rings. The first-order valence-electron chi connectivity index (χ1n) is 2.58. The van der Waals surface area contributed by atoms with E-state index in [2.05, 4.69) is 16.2 Å². The molecule has 1 heterocycles. The molecule has 0 amide bonds. The molecular weight excluding hydrogens is 224 g/mol. The molecule has 1 radical (unpaired) electrons. The maximum atomic E-state index is 5.46. The zero-order valence-electron chi connectivity index (χ0n) is 5.85. The molecule has 0 aliphatic heterocycles. The molecule has 0 N–H and O–H groups in total. The maximum Gasteiger partial charge on any atom is 0.105 e. The molecule has 2 nitrogen and oxygen atoms in total. The van der Waals surface area contributed by atoms with Crippen LogP contribution >= 0.6 is 11.6 Å². The number of hydrogen-bond acceptors (Lipinski definition) is 2. The number of hydrogen-bond donors (Lipinski definition) is 0. The molecule has 10 heavy (non-hydrogen) atoms. The van der Waals surface area contributed by atoms with Crippen LogP contribution in [0.15, 0.2) is 0 Å². The minimum absolute atomic E-state index is 0. The van der Waals surface area contributed by atoms with Gasteiger partial charge in [-0.1, -0.05) is 25.7 Å². The molecule has 51 valence electrons. The average molecular weight is 230 g/mol. The number of aryl methyl sites for hydroxylation is 2. The van der Waals surface area contributed by atoms with E-state index in [4.69, 9.17) is 11.6 Å². The summed E-state index contributed by atoms with van der Waals surface area (Å²) in [7, 11) is 0. The van der Waals surface area contributed by atoms with Crippen molar-refractivity contribution in [3.05, 3.63) is 22.7 Å². The van der Waals surface area contributed by atoms with Gasteiger partial charge in [0.25, 0.3) is 0 Å². The Bertz CT molecular complexity index is 227. The minimum atomic E-state index is 0. The van der Waals surface area contributed by atoms with Crippen LogP contribution in [0.3, 0.4) is 0 Å². The fraction of sp³-hybridized carbons (Fsp3) is 0.333. The van der Waals surface area contributed by atoms with Crippen LogP contribution in [-0.4, -0.2) is 9.97 Å². The molecular formula is C6H6ClN2Y-. The van der Waals surface area contributed by atoms with E-state index in [-0.39, 0.29) is 38.0 Å². The second kappa shape index (κ2) is 4.37. The summed E-state index contributed by atoms with van der Waals surface area (Å²) in [4.78, 5) is 7.57. The van der Waals surface area contributed by atoms with Crippen LogP contribution in [0, 0.1) is 20.0 Å². The SMILES string of the molecule is Cc1[c-]nc(Cl)nc1C.[Y]. The van der Waals surface area contributed by atoms with Crippen molar-refractivity contribution in [2.75, 3.05) is 0 Å². The number of rotatable bonds is 0. The fourth-order valence-electron chi connectivity index (χ4n) is 0.458. The third-order valence-electron chi connectivity index (χ3n) is 1.12. The first kappa shape index (κ1) is 10.5. The largest absolute Gasteiger partial charge is 0.359 e. The summed E-state index contributed by atoms with van der Waals surface area (Å²) in [5.41, 5.74) is 1.83. The van der Waals surface area contributed by atoms with Crippen molar-refractivity contribution in [1.29, 1.82) is 0 Å². The summed E-state index contributed by atoms with van der Waals surface area (Å²) < 4.78 is 0. The molecule has 1 aromatic rings. The zero-order valence-corrected chi connectivity index (χ0v) is 9.44. The predicted molar refractivity (Wildman–Crippen MR) is 35.4 cm³/mol. The van der Waals surface area contributed by atoms with Gasteiger partial charge in [-0.25, -0.2) is 0 Å². The summed E-state index contributed by atoms with van der Waals surface area (Å²) in [6, 6.07) is 0. The predicted octanol–water partition coefficient (Wildman–Crippen LogP) is 1.54. The van der Waals surface area contributed by atoms with Gasteiger partial charge in [-0.15, -0.1) is 17.2 Å². The zero-order chi connectivity index (χ0) is 6.85. The van der Waals surface area contributed by atoms with Crippen molar-refractivity contribution in [3.8, 4) is 0 Å². The van der Waals surface area contributed by atoms with E-state index in [9.17, 15) is 0 Å². The van der Waals surface area contributed by atoms with Crippen molar-refractivity contribution in [2.24, 2.45) is 0 Å². The van der Waals surface area contributed by atoms with Gasteiger partial charge in [0.2, 0.25) is 0 Å². The first-order valence-corrected chi connectivity index (χ1v) is 2.96. The topological polar surface area (TPSA) is 25.8 Å². The Hall–Kier alpha value is 0.474. The van der Waals surface area contributed by atoms with E-state index in [1.165, 1.54) is 0 Å². The molecule has 0 saturated carbocycles. The maximum absolute atomic E-state index is 5.46. The van der Waals surface area contributed by atoms with Crippen LogP contribution < -0.4 is 0 Å². The molecule has 0 unspecified atom stereocenters. The summed E-state index contributed by atoms with van der Waals surface area (Å²) in [6.07, 6.45) is 2.72. The Labute approximate surface area is 90.3 Å². The van der Waals surface area contributed by atoms with E-state index >= 15 is 0 Å². The summed E-state index contributed by atoms with van der Waals surface area (Å²) in [5.74, 6) is 0. The first-order chi connectivity index (χ1) is 4.20. The van der Waals surface area contributed by atoms with Gasteiger partial charge in [-0.3, -0.25) is 0 Å². The van der Waals surface area contributed by atoms with E-state index in [0.717, 1.165) is 11.3 Å². The molecule has 1 aromatic heterocycles. The second-order valence-electron chi connectivity index (χ2n) is 1.81. The Kier molecular flexibility index (Phi) is 4.58. The van der Waals surface area contributed by atoms with E-state index in [1.807, 2.05) is 13.8 Å². The van der Waals surface area contributed by atoms with Crippen LogP contribution in [0.2, 0.25) is 5.28 Å². The normalized spacial score (nSPS) is 8.70. The van der Waals surface area contributed by atoms with Crippen LogP contribution in [0.25, 0.3) is 0 Å². The smallest absolute Gasteiger partial charge is 0.105 e. The van der Waals surface area contributed by atoms with Crippen LogP contribution in [0.5, 0.6) is 0 Å². The second-order valence-corrected chi connectivity index (χ2v) is 2.15. The average Bonchev–Trinajstić information content (AvgIpc) is 1.80. The standard InChI is InChI=1S/C6H6ClN2.Y/c1-4-3-8-6(7)9-5(4)2;/h1-2H3;/q-1;. The van der Waals surface area contributed by atoms with Gasteiger partial charge in [0, 0.05) is 32.7 Å². The number of halogens is 1. The van der Waals surface area contributed by atoms with Gasteiger partial charge in [0.1, 0.15) is 5.28 Å². The molecule has 1 rings (SSSR count). The molecule has 0 atom stereocenters. The minimum Gasteiger partial charge on any atom is -0.359 e. The molecule has 0 spiro atoms. The number of aromatic nitrogens is 2. The van der Waals surface area contributed by atoms with Crippen LogP contribution in [0.1, 0.15) is 11.3 Å². The fourth-order valence-corrected chi connectivity index (χ4v) is 0.627. The molecule has 0 aliphatic carbocycles. The monoisotopic (exact) mass is 230 g/mol. The van der Waals surface area contributed by atoms with Crippen molar-refractivity contribution in [3.63, 3.8) is 0 Å². The summed E-state index contributed by atoms with van der Waals surface area (Å²) in [6.45, 7) is 3.77. The van der Waals surface area contributed by atoms with Gasteiger partial charge in [0.05, 0.1) is 0 Å². The van der Waals surface area contributed by atoms with Crippen molar-refractivity contribution in [1.82, 2.24) is 9.97 Å². The van der Waals surface area contributed by atoms with Crippen molar-refractivity contribution >= 4 is 11.6 Å². The van der Waals surface area contributed by atoms with E-state index in [0.29, 0.717) is 0 Å². The van der Waals surface area contributed by atoms with Gasteiger partial charge >= 0.3 is 0 Å². The number of nitrogens with zero attached hydrogens (tertiary/aromatic N) is 2.